The molecule has 0 aliphatic carbocycles. The number of benzene rings is 1. The topological polar surface area (TPSA) is 52.1 Å². The zero-order valence-corrected chi connectivity index (χ0v) is 17.6. The molecule has 0 amide bonds. The van der Waals surface area contributed by atoms with E-state index in [-0.39, 0.29) is 0 Å². The minimum absolute atomic E-state index is 0.790. The summed E-state index contributed by atoms with van der Waals surface area (Å²) in [4.78, 5) is 9.33. The van der Waals surface area contributed by atoms with Crippen LogP contribution in [0, 0.1) is 5.92 Å². The third-order valence-electron chi connectivity index (χ3n) is 5.81. The Bertz CT molecular complexity index is 589. The van der Waals surface area contributed by atoms with Crippen LogP contribution < -0.4 is 10.6 Å². The molecule has 3 rings (SSSR count). The van der Waals surface area contributed by atoms with Crippen molar-refractivity contribution in [3.63, 3.8) is 0 Å². The molecule has 6 nitrogen and oxygen atoms in total. The van der Waals surface area contributed by atoms with Gasteiger partial charge in [-0.05, 0) is 43.0 Å². The van der Waals surface area contributed by atoms with Gasteiger partial charge in [-0.3, -0.25) is 14.8 Å². The highest BCUT2D eigenvalue weighted by Crippen LogP contribution is 2.18. The van der Waals surface area contributed by atoms with Crippen molar-refractivity contribution in [3.05, 3.63) is 35.4 Å². The second-order valence-corrected chi connectivity index (χ2v) is 8.08. The molecule has 0 atom stereocenters. The van der Waals surface area contributed by atoms with Gasteiger partial charge in [0, 0.05) is 46.3 Å². The Morgan fingerprint density at radius 3 is 2.36 bits per heavy atom. The molecule has 28 heavy (non-hydrogen) atoms. The molecule has 2 N–H and O–H groups in total. The molecular formula is C22H37N5O. The fourth-order valence-corrected chi connectivity index (χ4v) is 3.80. The molecule has 0 radical (unpaired) electrons. The molecule has 1 aromatic rings. The largest absolute Gasteiger partial charge is 0.379 e. The molecule has 1 aromatic carbocycles. The van der Waals surface area contributed by atoms with Gasteiger partial charge in [-0.1, -0.05) is 31.2 Å². The van der Waals surface area contributed by atoms with Gasteiger partial charge < -0.3 is 15.4 Å². The van der Waals surface area contributed by atoms with Gasteiger partial charge in [-0.25, -0.2) is 0 Å². The number of rotatable bonds is 7. The Labute approximate surface area is 170 Å². The molecule has 2 aliphatic rings. The van der Waals surface area contributed by atoms with Crippen molar-refractivity contribution >= 4 is 5.96 Å². The fourth-order valence-electron chi connectivity index (χ4n) is 3.80. The highest BCUT2D eigenvalue weighted by Gasteiger charge is 2.15. The summed E-state index contributed by atoms with van der Waals surface area (Å²) in [6.07, 6.45) is 2.67. The first-order valence-corrected chi connectivity index (χ1v) is 10.8. The first-order chi connectivity index (χ1) is 13.7. The summed E-state index contributed by atoms with van der Waals surface area (Å²) in [5, 5.41) is 6.82. The molecule has 0 spiro atoms. The van der Waals surface area contributed by atoms with E-state index in [1.165, 1.54) is 37.1 Å². The van der Waals surface area contributed by atoms with Crippen LogP contribution in [0.4, 0.5) is 0 Å². The fraction of sp³-hybridized carbons (Fsp3) is 0.682. The number of ether oxygens (including phenoxy) is 1. The highest BCUT2D eigenvalue weighted by atomic mass is 16.5. The van der Waals surface area contributed by atoms with Gasteiger partial charge in [0.1, 0.15) is 0 Å². The van der Waals surface area contributed by atoms with Gasteiger partial charge in [0.05, 0.1) is 13.2 Å². The number of hydrogen-bond acceptors (Lipinski definition) is 4. The molecule has 6 heteroatoms. The predicted molar refractivity (Wildman–Crippen MR) is 116 cm³/mol. The number of nitrogens with one attached hydrogen (secondary N) is 2. The molecule has 2 saturated heterocycles. The van der Waals surface area contributed by atoms with E-state index in [0.717, 1.165) is 64.4 Å². The lowest BCUT2D eigenvalue weighted by molar-refractivity contribution is 0.0389. The van der Waals surface area contributed by atoms with Crippen LogP contribution in [0.5, 0.6) is 0 Å². The van der Waals surface area contributed by atoms with Crippen LogP contribution in [0.2, 0.25) is 0 Å². The van der Waals surface area contributed by atoms with Gasteiger partial charge in [0.15, 0.2) is 5.96 Å². The van der Waals surface area contributed by atoms with Gasteiger partial charge in [-0.2, -0.15) is 0 Å². The van der Waals surface area contributed by atoms with Crippen molar-refractivity contribution in [2.45, 2.75) is 32.9 Å². The maximum atomic E-state index is 5.39. The lowest BCUT2D eigenvalue weighted by Gasteiger charge is -2.30. The summed E-state index contributed by atoms with van der Waals surface area (Å²) < 4.78 is 5.39. The quantitative estimate of drug-likeness (QED) is 0.553. The molecule has 2 heterocycles. The summed E-state index contributed by atoms with van der Waals surface area (Å²) in [5.41, 5.74) is 2.69. The maximum Gasteiger partial charge on any atom is 0.191 e. The number of guanidine groups is 1. The molecular weight excluding hydrogens is 350 g/mol. The van der Waals surface area contributed by atoms with E-state index in [9.17, 15) is 0 Å². The average Bonchev–Trinajstić information content (AvgIpc) is 2.74. The minimum atomic E-state index is 0.790. The summed E-state index contributed by atoms with van der Waals surface area (Å²) in [6, 6.07) is 9.00. The van der Waals surface area contributed by atoms with Crippen LogP contribution in [-0.2, 0) is 17.8 Å². The van der Waals surface area contributed by atoms with Crippen LogP contribution in [0.3, 0.4) is 0 Å². The molecule has 0 saturated carbocycles. The number of piperidine rings is 1. The van der Waals surface area contributed by atoms with Crippen LogP contribution in [-0.4, -0.2) is 75.3 Å². The minimum Gasteiger partial charge on any atom is -0.379 e. The summed E-state index contributed by atoms with van der Waals surface area (Å²) in [7, 11) is 1.83. The van der Waals surface area contributed by atoms with Gasteiger partial charge in [0.25, 0.3) is 0 Å². The Morgan fingerprint density at radius 1 is 1.00 bits per heavy atom. The molecule has 0 unspecified atom stereocenters. The SMILES string of the molecule is CN=C(NCCN1CCOCC1)NCc1ccc(CN2CCC(C)CC2)cc1. The predicted octanol–water partition coefficient (Wildman–Crippen LogP) is 1.92. The molecule has 156 valence electrons. The second kappa shape index (κ2) is 11.4. The Balaban J connectivity index is 1.35. The highest BCUT2D eigenvalue weighted by molar-refractivity contribution is 5.79. The average molecular weight is 388 g/mol. The Kier molecular flexibility index (Phi) is 8.58. The van der Waals surface area contributed by atoms with Crippen LogP contribution in [0.1, 0.15) is 30.9 Å². The van der Waals surface area contributed by atoms with Crippen molar-refractivity contribution in [2.24, 2.45) is 10.9 Å². The normalized spacial score (nSPS) is 20.3. The number of morpholine rings is 1. The van der Waals surface area contributed by atoms with Crippen molar-refractivity contribution < 1.29 is 4.74 Å². The number of aliphatic imine (C=N–C) groups is 1. The Morgan fingerprint density at radius 2 is 1.68 bits per heavy atom. The lowest BCUT2D eigenvalue weighted by Crippen LogP contribution is -2.44. The van der Waals surface area contributed by atoms with Crippen molar-refractivity contribution in [1.82, 2.24) is 20.4 Å². The second-order valence-electron chi connectivity index (χ2n) is 8.08. The summed E-state index contributed by atoms with van der Waals surface area (Å²) in [6.45, 7) is 12.4. The van der Waals surface area contributed by atoms with Gasteiger partial charge in [-0.15, -0.1) is 0 Å². The molecule has 2 aliphatic heterocycles. The zero-order valence-electron chi connectivity index (χ0n) is 17.6. The van der Waals surface area contributed by atoms with E-state index in [1.54, 1.807) is 0 Å². The molecule has 0 bridgehead atoms. The van der Waals surface area contributed by atoms with Crippen LogP contribution in [0.25, 0.3) is 0 Å². The lowest BCUT2D eigenvalue weighted by atomic mass is 9.99. The van der Waals surface area contributed by atoms with Crippen LogP contribution >= 0.6 is 0 Å². The summed E-state index contributed by atoms with van der Waals surface area (Å²) >= 11 is 0. The number of hydrogen-bond donors (Lipinski definition) is 2. The van der Waals surface area contributed by atoms with Crippen molar-refractivity contribution in [3.8, 4) is 0 Å². The van der Waals surface area contributed by atoms with E-state index in [4.69, 9.17) is 4.74 Å². The van der Waals surface area contributed by atoms with Crippen LogP contribution in [0.15, 0.2) is 29.3 Å². The van der Waals surface area contributed by atoms with E-state index >= 15 is 0 Å². The summed E-state index contributed by atoms with van der Waals surface area (Å²) in [5.74, 6) is 1.75. The number of likely N-dealkylation sites (tertiary alicyclic amines) is 1. The first kappa shape index (κ1) is 21.1. The van der Waals surface area contributed by atoms with E-state index in [2.05, 4.69) is 56.6 Å². The monoisotopic (exact) mass is 387 g/mol. The van der Waals surface area contributed by atoms with Gasteiger partial charge in [0.2, 0.25) is 0 Å². The van der Waals surface area contributed by atoms with Crippen molar-refractivity contribution in [1.29, 1.82) is 0 Å². The first-order valence-electron chi connectivity index (χ1n) is 10.8. The zero-order chi connectivity index (χ0) is 19.6. The van der Waals surface area contributed by atoms with Gasteiger partial charge >= 0.3 is 0 Å². The smallest absolute Gasteiger partial charge is 0.191 e. The number of nitrogens with zero attached hydrogens (tertiary/aromatic N) is 3. The third-order valence-corrected chi connectivity index (χ3v) is 5.81. The van der Waals surface area contributed by atoms with E-state index in [0.29, 0.717) is 0 Å². The maximum absolute atomic E-state index is 5.39. The van der Waals surface area contributed by atoms with E-state index < -0.39 is 0 Å². The Hall–Kier alpha value is -1.63. The molecule has 0 aromatic heterocycles. The standard InChI is InChI=1S/C22H37N5O/c1-19-7-10-27(11-8-19)18-21-5-3-20(4-6-21)17-25-22(23-2)24-9-12-26-13-15-28-16-14-26/h3-6,19H,7-18H2,1-2H3,(H2,23,24,25). The molecule has 2 fully saturated rings. The van der Waals surface area contributed by atoms with Crippen molar-refractivity contribution in [2.75, 3.05) is 59.5 Å². The van der Waals surface area contributed by atoms with E-state index in [1.807, 2.05) is 7.05 Å². The third kappa shape index (κ3) is 7.08.